The molecule has 0 amide bonds. The molecule has 0 aliphatic heterocycles. The fourth-order valence-corrected chi connectivity index (χ4v) is 4.40. The molecular formula is C23H24N2O4S. The molecule has 1 aliphatic carbocycles. The largest absolute Gasteiger partial charge is 0.383 e. The SMILES string of the molecule is Cc1ccc(-c2cc(C3(O)CCC(=O)CC3)nn2-c2ccc(S(C)(=O)=O)cc2)cc1. The predicted molar refractivity (Wildman–Crippen MR) is 114 cm³/mol. The summed E-state index contributed by atoms with van der Waals surface area (Å²) in [5.41, 5.74) is 2.93. The summed E-state index contributed by atoms with van der Waals surface area (Å²) in [6.45, 7) is 2.01. The second kappa shape index (κ2) is 7.49. The fourth-order valence-electron chi connectivity index (χ4n) is 3.77. The van der Waals surface area contributed by atoms with Gasteiger partial charge >= 0.3 is 0 Å². The number of rotatable bonds is 4. The fraction of sp³-hybridized carbons (Fsp3) is 0.304. The minimum Gasteiger partial charge on any atom is -0.383 e. The number of ketones is 1. The molecule has 1 fully saturated rings. The van der Waals surface area contributed by atoms with Crippen molar-refractivity contribution >= 4 is 15.6 Å². The molecule has 0 unspecified atom stereocenters. The molecule has 1 heterocycles. The van der Waals surface area contributed by atoms with Crippen LogP contribution in [0, 0.1) is 6.92 Å². The molecule has 4 rings (SSSR count). The van der Waals surface area contributed by atoms with E-state index in [2.05, 4.69) is 0 Å². The van der Waals surface area contributed by atoms with Gasteiger partial charge in [0.1, 0.15) is 11.4 Å². The van der Waals surface area contributed by atoms with Crippen LogP contribution in [0.25, 0.3) is 16.9 Å². The van der Waals surface area contributed by atoms with E-state index in [0.29, 0.717) is 37.1 Å². The normalized spacial score (nSPS) is 16.6. The predicted octanol–water partition coefficient (Wildman–Crippen LogP) is 3.58. The number of hydrogen-bond acceptors (Lipinski definition) is 5. The van der Waals surface area contributed by atoms with Crippen LogP contribution in [0.3, 0.4) is 0 Å². The van der Waals surface area contributed by atoms with Gasteiger partial charge < -0.3 is 5.11 Å². The van der Waals surface area contributed by atoms with Gasteiger partial charge in [0.25, 0.3) is 0 Å². The molecule has 0 spiro atoms. The van der Waals surface area contributed by atoms with Crippen LogP contribution in [-0.2, 0) is 20.2 Å². The molecule has 1 aromatic heterocycles. The summed E-state index contributed by atoms with van der Waals surface area (Å²) in [5, 5.41) is 15.9. The Bertz CT molecular complexity index is 1180. The molecular weight excluding hydrogens is 400 g/mol. The van der Waals surface area contributed by atoms with Crippen LogP contribution in [-0.4, -0.2) is 35.3 Å². The zero-order valence-corrected chi connectivity index (χ0v) is 17.8. The van der Waals surface area contributed by atoms with E-state index in [4.69, 9.17) is 5.10 Å². The topological polar surface area (TPSA) is 89.3 Å². The molecule has 2 aromatic carbocycles. The third-order valence-corrected chi connectivity index (χ3v) is 6.81. The molecule has 156 valence electrons. The van der Waals surface area contributed by atoms with E-state index in [1.165, 1.54) is 6.26 Å². The lowest BCUT2D eigenvalue weighted by atomic mass is 9.82. The van der Waals surface area contributed by atoms with Crippen molar-refractivity contribution in [2.45, 2.75) is 43.1 Å². The van der Waals surface area contributed by atoms with Gasteiger partial charge in [0, 0.05) is 24.7 Å². The van der Waals surface area contributed by atoms with Crippen molar-refractivity contribution in [1.82, 2.24) is 9.78 Å². The first kappa shape index (κ1) is 20.5. The first-order chi connectivity index (χ1) is 14.2. The number of Topliss-reactive ketones (excluding diaryl/α,β-unsaturated/α-hetero) is 1. The highest BCUT2D eigenvalue weighted by molar-refractivity contribution is 7.90. The Morgan fingerprint density at radius 3 is 2.17 bits per heavy atom. The van der Waals surface area contributed by atoms with E-state index >= 15 is 0 Å². The standard InChI is InChI=1S/C23H24N2O4S/c1-16-3-5-17(6-4-16)21-15-22(23(27)13-11-19(26)12-14-23)24-25(21)18-7-9-20(10-8-18)30(2,28)29/h3-10,15,27H,11-14H2,1-2H3. The summed E-state index contributed by atoms with van der Waals surface area (Å²) in [6, 6.07) is 16.4. The summed E-state index contributed by atoms with van der Waals surface area (Å²) in [6.07, 6.45) is 2.55. The van der Waals surface area contributed by atoms with Crippen molar-refractivity contribution in [3.8, 4) is 16.9 Å². The van der Waals surface area contributed by atoms with Crippen molar-refractivity contribution in [3.63, 3.8) is 0 Å². The Labute approximate surface area is 176 Å². The Morgan fingerprint density at radius 1 is 1.00 bits per heavy atom. The summed E-state index contributed by atoms with van der Waals surface area (Å²) >= 11 is 0. The van der Waals surface area contributed by atoms with Crippen molar-refractivity contribution in [2.75, 3.05) is 6.26 Å². The smallest absolute Gasteiger partial charge is 0.175 e. The van der Waals surface area contributed by atoms with Gasteiger partial charge in [0.05, 0.1) is 22.0 Å². The highest BCUT2D eigenvalue weighted by atomic mass is 32.2. The maximum atomic E-state index is 11.8. The lowest BCUT2D eigenvalue weighted by Gasteiger charge is -2.29. The van der Waals surface area contributed by atoms with Gasteiger partial charge in [-0.3, -0.25) is 4.79 Å². The Balaban J connectivity index is 1.82. The maximum Gasteiger partial charge on any atom is 0.175 e. The number of aryl methyl sites for hydroxylation is 1. The lowest BCUT2D eigenvalue weighted by molar-refractivity contribution is -0.125. The van der Waals surface area contributed by atoms with Gasteiger partial charge in [-0.15, -0.1) is 0 Å². The average molecular weight is 425 g/mol. The quantitative estimate of drug-likeness (QED) is 0.691. The van der Waals surface area contributed by atoms with E-state index in [9.17, 15) is 18.3 Å². The Hall–Kier alpha value is -2.77. The number of aromatic nitrogens is 2. The molecule has 1 saturated carbocycles. The number of carbonyl (C=O) groups excluding carboxylic acids is 1. The Morgan fingerprint density at radius 2 is 1.60 bits per heavy atom. The molecule has 0 bridgehead atoms. The van der Waals surface area contributed by atoms with Gasteiger partial charge in [0.15, 0.2) is 9.84 Å². The van der Waals surface area contributed by atoms with Crippen molar-refractivity contribution in [3.05, 3.63) is 65.9 Å². The summed E-state index contributed by atoms with van der Waals surface area (Å²) in [5.74, 6) is 0.161. The van der Waals surface area contributed by atoms with Crippen LogP contribution in [0.1, 0.15) is 36.9 Å². The molecule has 1 aliphatic rings. The van der Waals surface area contributed by atoms with E-state index in [1.54, 1.807) is 28.9 Å². The molecule has 6 nitrogen and oxygen atoms in total. The van der Waals surface area contributed by atoms with Crippen LogP contribution in [0.5, 0.6) is 0 Å². The van der Waals surface area contributed by atoms with Gasteiger partial charge in [-0.25, -0.2) is 13.1 Å². The van der Waals surface area contributed by atoms with Gasteiger partial charge in [0.2, 0.25) is 0 Å². The molecule has 1 N–H and O–H groups in total. The molecule has 3 aromatic rings. The lowest BCUT2D eigenvalue weighted by Crippen LogP contribution is -2.32. The highest BCUT2D eigenvalue weighted by Gasteiger charge is 2.37. The van der Waals surface area contributed by atoms with E-state index in [0.717, 1.165) is 16.8 Å². The third kappa shape index (κ3) is 3.95. The number of nitrogens with zero attached hydrogens (tertiary/aromatic N) is 2. The number of carbonyl (C=O) groups is 1. The average Bonchev–Trinajstić information content (AvgIpc) is 3.17. The number of sulfone groups is 1. The van der Waals surface area contributed by atoms with E-state index in [-0.39, 0.29) is 10.7 Å². The molecule has 30 heavy (non-hydrogen) atoms. The maximum absolute atomic E-state index is 11.8. The summed E-state index contributed by atoms with van der Waals surface area (Å²) in [4.78, 5) is 11.9. The van der Waals surface area contributed by atoms with Gasteiger partial charge in [-0.1, -0.05) is 29.8 Å². The van der Waals surface area contributed by atoms with Crippen LogP contribution in [0.15, 0.2) is 59.5 Å². The summed E-state index contributed by atoms with van der Waals surface area (Å²) < 4.78 is 25.3. The van der Waals surface area contributed by atoms with Gasteiger partial charge in [-0.2, -0.15) is 5.10 Å². The first-order valence-corrected chi connectivity index (χ1v) is 11.8. The second-order valence-electron chi connectivity index (χ2n) is 8.03. The van der Waals surface area contributed by atoms with Crippen molar-refractivity contribution in [1.29, 1.82) is 0 Å². The zero-order chi connectivity index (χ0) is 21.5. The van der Waals surface area contributed by atoms with E-state index < -0.39 is 15.4 Å². The molecule has 7 heteroatoms. The van der Waals surface area contributed by atoms with Crippen LogP contribution < -0.4 is 0 Å². The third-order valence-electron chi connectivity index (χ3n) is 5.68. The number of benzene rings is 2. The molecule has 0 atom stereocenters. The molecule has 0 radical (unpaired) electrons. The number of aliphatic hydroxyl groups is 1. The zero-order valence-electron chi connectivity index (χ0n) is 17.0. The van der Waals surface area contributed by atoms with Gasteiger partial charge in [-0.05, 0) is 50.1 Å². The van der Waals surface area contributed by atoms with Crippen molar-refractivity contribution < 1.29 is 18.3 Å². The minimum absolute atomic E-state index is 0.161. The highest BCUT2D eigenvalue weighted by Crippen LogP contribution is 2.37. The van der Waals surface area contributed by atoms with Crippen LogP contribution >= 0.6 is 0 Å². The number of hydrogen-bond donors (Lipinski definition) is 1. The Kier molecular flexibility index (Phi) is 5.11. The molecule has 0 saturated heterocycles. The first-order valence-electron chi connectivity index (χ1n) is 9.88. The van der Waals surface area contributed by atoms with Crippen molar-refractivity contribution in [2.24, 2.45) is 0 Å². The second-order valence-corrected chi connectivity index (χ2v) is 10.0. The van der Waals surface area contributed by atoms with Crippen LogP contribution in [0.2, 0.25) is 0 Å². The minimum atomic E-state index is -3.30. The summed E-state index contributed by atoms with van der Waals surface area (Å²) in [7, 11) is -3.30. The monoisotopic (exact) mass is 424 g/mol. The van der Waals surface area contributed by atoms with Crippen LogP contribution in [0.4, 0.5) is 0 Å². The van der Waals surface area contributed by atoms with E-state index in [1.807, 2.05) is 37.3 Å².